The van der Waals surface area contributed by atoms with Crippen molar-refractivity contribution in [1.29, 1.82) is 0 Å². The standard InChI is InChI=1S/C16H19N3O2S/c20-16(18-6-8-21-9-7-18)12-2-5-19(11-12)14-1-4-17-13-3-10-22-15(13)14/h1,3-4,10,12H,2,5-9,11H2. The maximum atomic E-state index is 12.6. The third-order valence-electron chi connectivity index (χ3n) is 4.52. The lowest BCUT2D eigenvalue weighted by atomic mass is 10.1. The van der Waals surface area contributed by atoms with E-state index >= 15 is 0 Å². The molecule has 0 bridgehead atoms. The summed E-state index contributed by atoms with van der Waals surface area (Å²) in [6.45, 7) is 4.56. The molecule has 1 atom stereocenters. The Hall–Kier alpha value is -1.66. The molecule has 4 heterocycles. The maximum Gasteiger partial charge on any atom is 0.227 e. The number of hydrogen-bond donors (Lipinski definition) is 0. The Labute approximate surface area is 133 Å². The molecule has 22 heavy (non-hydrogen) atoms. The van der Waals surface area contributed by atoms with Crippen LogP contribution in [-0.4, -0.2) is 55.2 Å². The van der Waals surface area contributed by atoms with Crippen LogP contribution in [0.5, 0.6) is 0 Å². The zero-order valence-electron chi connectivity index (χ0n) is 12.4. The van der Waals surface area contributed by atoms with E-state index in [0.29, 0.717) is 19.1 Å². The summed E-state index contributed by atoms with van der Waals surface area (Å²) in [7, 11) is 0. The van der Waals surface area contributed by atoms with E-state index < -0.39 is 0 Å². The molecule has 2 aliphatic rings. The topological polar surface area (TPSA) is 45.7 Å². The fourth-order valence-electron chi connectivity index (χ4n) is 3.33. The van der Waals surface area contributed by atoms with Gasteiger partial charge in [-0.15, -0.1) is 11.3 Å². The third kappa shape index (κ3) is 2.46. The van der Waals surface area contributed by atoms with Crippen LogP contribution in [0.3, 0.4) is 0 Å². The molecule has 5 nitrogen and oxygen atoms in total. The van der Waals surface area contributed by atoms with Crippen molar-refractivity contribution in [1.82, 2.24) is 9.88 Å². The summed E-state index contributed by atoms with van der Waals surface area (Å²) in [6, 6.07) is 4.12. The molecule has 6 heteroatoms. The summed E-state index contributed by atoms with van der Waals surface area (Å²) < 4.78 is 6.56. The molecule has 2 aromatic rings. The summed E-state index contributed by atoms with van der Waals surface area (Å²) in [6.07, 6.45) is 2.80. The van der Waals surface area contributed by atoms with Gasteiger partial charge < -0.3 is 14.5 Å². The monoisotopic (exact) mass is 317 g/mol. The Morgan fingerprint density at radius 3 is 3.00 bits per heavy atom. The molecule has 2 aromatic heterocycles. The highest BCUT2D eigenvalue weighted by Crippen LogP contribution is 2.33. The number of morpholine rings is 1. The zero-order chi connectivity index (χ0) is 14.9. The number of ether oxygens (including phenoxy) is 1. The fourth-order valence-corrected chi connectivity index (χ4v) is 4.22. The van der Waals surface area contributed by atoms with Gasteiger partial charge in [-0.25, -0.2) is 0 Å². The Kier molecular flexibility index (Phi) is 3.72. The second-order valence-corrected chi connectivity index (χ2v) is 6.75. The van der Waals surface area contributed by atoms with Crippen molar-refractivity contribution in [2.24, 2.45) is 5.92 Å². The van der Waals surface area contributed by atoms with Crippen LogP contribution in [0.2, 0.25) is 0 Å². The molecule has 116 valence electrons. The lowest BCUT2D eigenvalue weighted by Crippen LogP contribution is -2.44. The molecule has 2 fully saturated rings. The molecule has 0 aliphatic carbocycles. The van der Waals surface area contributed by atoms with Gasteiger partial charge in [0.25, 0.3) is 0 Å². The molecule has 4 rings (SSSR count). The second-order valence-electron chi connectivity index (χ2n) is 5.83. The number of carbonyl (C=O) groups excluding carboxylic acids is 1. The van der Waals surface area contributed by atoms with Crippen molar-refractivity contribution in [3.63, 3.8) is 0 Å². The van der Waals surface area contributed by atoms with Crippen LogP contribution in [-0.2, 0) is 9.53 Å². The van der Waals surface area contributed by atoms with E-state index in [9.17, 15) is 4.79 Å². The van der Waals surface area contributed by atoms with Crippen molar-refractivity contribution < 1.29 is 9.53 Å². The summed E-state index contributed by atoms with van der Waals surface area (Å²) >= 11 is 1.72. The first kappa shape index (κ1) is 14.0. The van der Waals surface area contributed by atoms with Crippen molar-refractivity contribution in [3.8, 4) is 0 Å². The SMILES string of the molecule is O=C(C1CCN(c2ccnc3ccsc23)C1)N1CCOCC1. The van der Waals surface area contributed by atoms with Gasteiger partial charge in [0.15, 0.2) is 0 Å². The molecule has 0 radical (unpaired) electrons. The average Bonchev–Trinajstić information content (AvgIpc) is 3.24. The predicted molar refractivity (Wildman–Crippen MR) is 87.3 cm³/mol. The number of amides is 1. The van der Waals surface area contributed by atoms with Crippen LogP contribution in [0.1, 0.15) is 6.42 Å². The second kappa shape index (κ2) is 5.85. The quantitative estimate of drug-likeness (QED) is 0.850. The van der Waals surface area contributed by atoms with Crippen molar-refractivity contribution in [2.75, 3.05) is 44.3 Å². The number of thiophene rings is 1. The van der Waals surface area contributed by atoms with Crippen LogP contribution in [0, 0.1) is 5.92 Å². The minimum atomic E-state index is 0.112. The molecule has 0 spiro atoms. The van der Waals surface area contributed by atoms with E-state index in [1.54, 1.807) is 11.3 Å². The van der Waals surface area contributed by atoms with E-state index in [0.717, 1.165) is 38.1 Å². The molecule has 1 unspecified atom stereocenters. The van der Waals surface area contributed by atoms with E-state index in [4.69, 9.17) is 4.74 Å². The molecule has 2 saturated heterocycles. The van der Waals surface area contributed by atoms with Crippen LogP contribution in [0.15, 0.2) is 23.7 Å². The minimum absolute atomic E-state index is 0.112. The van der Waals surface area contributed by atoms with Crippen molar-refractivity contribution in [3.05, 3.63) is 23.7 Å². The summed E-state index contributed by atoms with van der Waals surface area (Å²) in [5.41, 5.74) is 2.27. The van der Waals surface area contributed by atoms with Crippen LogP contribution >= 0.6 is 11.3 Å². The van der Waals surface area contributed by atoms with Gasteiger partial charge in [0.05, 0.1) is 35.0 Å². The van der Waals surface area contributed by atoms with Gasteiger partial charge in [-0.05, 0) is 23.9 Å². The lowest BCUT2D eigenvalue weighted by molar-refractivity contribution is -0.138. The lowest BCUT2D eigenvalue weighted by Gasteiger charge is -2.29. The van der Waals surface area contributed by atoms with Gasteiger partial charge in [0.1, 0.15) is 0 Å². The number of fused-ring (bicyclic) bond motifs is 1. The van der Waals surface area contributed by atoms with E-state index in [2.05, 4.69) is 27.4 Å². The summed E-state index contributed by atoms with van der Waals surface area (Å²) in [5.74, 6) is 0.406. The highest BCUT2D eigenvalue weighted by Gasteiger charge is 2.32. The van der Waals surface area contributed by atoms with Gasteiger partial charge in [0, 0.05) is 32.4 Å². The van der Waals surface area contributed by atoms with Gasteiger partial charge in [-0.3, -0.25) is 9.78 Å². The minimum Gasteiger partial charge on any atom is -0.378 e. The first-order valence-corrected chi connectivity index (χ1v) is 8.64. The molecular weight excluding hydrogens is 298 g/mol. The van der Waals surface area contributed by atoms with Crippen LogP contribution < -0.4 is 4.90 Å². The molecule has 0 saturated carbocycles. The van der Waals surface area contributed by atoms with E-state index in [1.807, 2.05) is 11.1 Å². The summed E-state index contributed by atoms with van der Waals surface area (Å²) in [5, 5.41) is 2.08. The molecule has 0 N–H and O–H groups in total. The molecule has 0 aromatic carbocycles. The molecular formula is C16H19N3O2S. The predicted octanol–water partition coefficient (Wildman–Crippen LogP) is 1.98. The fraction of sp³-hybridized carbons (Fsp3) is 0.500. The molecule has 1 amide bonds. The van der Waals surface area contributed by atoms with Crippen LogP contribution in [0.4, 0.5) is 5.69 Å². The largest absolute Gasteiger partial charge is 0.378 e. The smallest absolute Gasteiger partial charge is 0.227 e. The molecule has 2 aliphatic heterocycles. The van der Waals surface area contributed by atoms with E-state index in [1.165, 1.54) is 10.4 Å². The van der Waals surface area contributed by atoms with Crippen molar-refractivity contribution in [2.45, 2.75) is 6.42 Å². The maximum absolute atomic E-state index is 12.6. The van der Waals surface area contributed by atoms with E-state index in [-0.39, 0.29) is 5.92 Å². The van der Waals surface area contributed by atoms with Crippen LogP contribution in [0.25, 0.3) is 10.2 Å². The number of hydrogen-bond acceptors (Lipinski definition) is 5. The van der Waals surface area contributed by atoms with Crippen molar-refractivity contribution >= 4 is 33.1 Å². The van der Waals surface area contributed by atoms with Gasteiger partial charge in [0.2, 0.25) is 5.91 Å². The Morgan fingerprint density at radius 2 is 2.14 bits per heavy atom. The Balaban J connectivity index is 1.50. The first-order valence-electron chi connectivity index (χ1n) is 7.76. The number of aromatic nitrogens is 1. The van der Waals surface area contributed by atoms with Gasteiger partial charge in [-0.1, -0.05) is 0 Å². The first-order chi connectivity index (χ1) is 10.8. The highest BCUT2D eigenvalue weighted by atomic mass is 32.1. The normalized spacial score (nSPS) is 22.5. The zero-order valence-corrected chi connectivity index (χ0v) is 13.2. The number of anilines is 1. The van der Waals surface area contributed by atoms with Gasteiger partial charge >= 0.3 is 0 Å². The van der Waals surface area contributed by atoms with Gasteiger partial charge in [-0.2, -0.15) is 0 Å². The number of nitrogens with zero attached hydrogens (tertiary/aromatic N) is 3. The Morgan fingerprint density at radius 1 is 1.27 bits per heavy atom. The number of carbonyl (C=O) groups is 1. The summed E-state index contributed by atoms with van der Waals surface area (Å²) in [4.78, 5) is 21.3. The number of pyridine rings is 1. The average molecular weight is 317 g/mol. The third-order valence-corrected chi connectivity index (χ3v) is 5.45. The number of rotatable bonds is 2. The Bertz CT molecular complexity index is 681. The highest BCUT2D eigenvalue weighted by molar-refractivity contribution is 7.17.